The van der Waals surface area contributed by atoms with Crippen molar-refractivity contribution in [2.75, 3.05) is 0 Å². The minimum Gasteiger partial charge on any atom is -0.436 e. The van der Waals surface area contributed by atoms with Crippen molar-refractivity contribution in [3.8, 4) is 11.6 Å². The second-order valence-corrected chi connectivity index (χ2v) is 4.35. The van der Waals surface area contributed by atoms with Gasteiger partial charge in [0.1, 0.15) is 0 Å². The number of para-hydroxylation sites is 1. The molecule has 0 saturated heterocycles. The number of halogens is 5. The number of nitrogens with zero attached hydrogens (tertiary/aromatic N) is 1. The zero-order valence-electron chi connectivity index (χ0n) is 9.21. The molecule has 0 fully saturated rings. The van der Waals surface area contributed by atoms with Crippen LogP contribution in [0.3, 0.4) is 0 Å². The van der Waals surface area contributed by atoms with Gasteiger partial charge in [0.25, 0.3) is 0 Å². The van der Waals surface area contributed by atoms with Crippen LogP contribution in [-0.2, 0) is 6.18 Å². The summed E-state index contributed by atoms with van der Waals surface area (Å²) in [5, 5.41) is 0.489. The fraction of sp³-hybridized carbons (Fsp3) is 0.0833. The third kappa shape index (κ3) is 3.30. The van der Waals surface area contributed by atoms with Gasteiger partial charge in [-0.05, 0) is 18.2 Å². The lowest BCUT2D eigenvalue weighted by molar-refractivity contribution is -0.137. The molecule has 1 aromatic heterocycles. The lowest BCUT2D eigenvalue weighted by Crippen LogP contribution is -2.05. The van der Waals surface area contributed by atoms with Gasteiger partial charge in [0.05, 0.1) is 15.6 Å². The molecule has 0 amide bonds. The van der Waals surface area contributed by atoms with Crippen molar-refractivity contribution in [1.29, 1.82) is 0 Å². The van der Waals surface area contributed by atoms with Crippen LogP contribution in [0.15, 0.2) is 36.5 Å². The van der Waals surface area contributed by atoms with Crippen LogP contribution >= 0.6 is 23.2 Å². The average molecular weight is 308 g/mol. The van der Waals surface area contributed by atoms with Gasteiger partial charge in [-0.25, -0.2) is 4.98 Å². The van der Waals surface area contributed by atoms with E-state index in [0.717, 1.165) is 12.1 Å². The highest BCUT2D eigenvalue weighted by molar-refractivity contribution is 6.37. The van der Waals surface area contributed by atoms with Crippen molar-refractivity contribution in [2.45, 2.75) is 6.18 Å². The Morgan fingerprint density at radius 2 is 1.63 bits per heavy atom. The number of pyridine rings is 1. The first kappa shape index (κ1) is 14.0. The average Bonchev–Trinajstić information content (AvgIpc) is 2.33. The Bertz CT molecular complexity index is 564. The molecule has 0 aliphatic rings. The Morgan fingerprint density at radius 1 is 1.00 bits per heavy atom. The van der Waals surface area contributed by atoms with Gasteiger partial charge in [0.15, 0.2) is 5.75 Å². The van der Waals surface area contributed by atoms with Gasteiger partial charge in [0, 0.05) is 12.3 Å². The molecular weight excluding hydrogens is 302 g/mol. The summed E-state index contributed by atoms with van der Waals surface area (Å²) >= 11 is 11.7. The number of ether oxygens (including phenoxy) is 1. The first-order chi connectivity index (χ1) is 8.88. The van der Waals surface area contributed by atoms with Crippen molar-refractivity contribution in [2.24, 2.45) is 0 Å². The van der Waals surface area contributed by atoms with E-state index in [1.165, 1.54) is 0 Å². The predicted octanol–water partition coefficient (Wildman–Crippen LogP) is 5.20. The molecule has 0 aliphatic heterocycles. The zero-order chi connectivity index (χ0) is 14.0. The number of aromatic nitrogens is 1. The highest BCUT2D eigenvalue weighted by Gasteiger charge is 2.30. The minimum absolute atomic E-state index is 0.0250. The number of alkyl halides is 3. The van der Waals surface area contributed by atoms with Crippen molar-refractivity contribution < 1.29 is 17.9 Å². The van der Waals surface area contributed by atoms with Gasteiger partial charge in [-0.15, -0.1) is 0 Å². The molecule has 0 aliphatic carbocycles. The van der Waals surface area contributed by atoms with Crippen LogP contribution in [0, 0.1) is 0 Å². The second-order valence-electron chi connectivity index (χ2n) is 3.54. The Morgan fingerprint density at radius 3 is 2.11 bits per heavy atom. The van der Waals surface area contributed by atoms with E-state index in [4.69, 9.17) is 27.9 Å². The van der Waals surface area contributed by atoms with E-state index in [2.05, 4.69) is 4.98 Å². The summed E-state index contributed by atoms with van der Waals surface area (Å²) in [6.07, 6.45) is -3.76. The molecule has 0 unspecified atom stereocenters. The third-order valence-electron chi connectivity index (χ3n) is 2.19. The fourth-order valence-electron chi connectivity index (χ4n) is 1.29. The second kappa shape index (κ2) is 5.27. The molecule has 2 rings (SSSR count). The Labute approximate surface area is 116 Å². The quantitative estimate of drug-likeness (QED) is 0.760. The van der Waals surface area contributed by atoms with Crippen LogP contribution in [0.2, 0.25) is 10.0 Å². The van der Waals surface area contributed by atoms with Crippen LogP contribution < -0.4 is 4.74 Å². The van der Waals surface area contributed by atoms with Crippen LogP contribution in [0.25, 0.3) is 0 Å². The number of hydrogen-bond donors (Lipinski definition) is 0. The van der Waals surface area contributed by atoms with E-state index in [0.29, 0.717) is 6.20 Å². The molecule has 0 spiro atoms. The van der Waals surface area contributed by atoms with E-state index in [-0.39, 0.29) is 21.7 Å². The molecule has 1 aromatic carbocycles. The van der Waals surface area contributed by atoms with Crippen molar-refractivity contribution in [3.63, 3.8) is 0 Å². The monoisotopic (exact) mass is 307 g/mol. The maximum atomic E-state index is 12.4. The molecule has 0 N–H and O–H groups in total. The Hall–Kier alpha value is -1.46. The van der Waals surface area contributed by atoms with E-state index in [1.807, 2.05) is 0 Å². The minimum atomic E-state index is -4.44. The standard InChI is InChI=1S/C12H6Cl2F3NO/c13-8-2-1-3-9(14)11(8)19-10-5-4-7(6-18-10)12(15,16)17/h1-6H. The summed E-state index contributed by atoms with van der Waals surface area (Å²) in [5.74, 6) is 0.126. The van der Waals surface area contributed by atoms with Crippen LogP contribution in [0.1, 0.15) is 5.56 Å². The van der Waals surface area contributed by atoms with Crippen molar-refractivity contribution in [1.82, 2.24) is 4.98 Å². The molecule has 0 bridgehead atoms. The summed E-state index contributed by atoms with van der Waals surface area (Å²) in [5.41, 5.74) is -0.856. The van der Waals surface area contributed by atoms with E-state index in [1.54, 1.807) is 18.2 Å². The number of benzene rings is 1. The molecule has 7 heteroatoms. The maximum absolute atomic E-state index is 12.4. The maximum Gasteiger partial charge on any atom is 0.417 e. The molecule has 2 nitrogen and oxygen atoms in total. The van der Waals surface area contributed by atoms with E-state index < -0.39 is 11.7 Å². The van der Waals surface area contributed by atoms with Gasteiger partial charge in [-0.3, -0.25) is 0 Å². The van der Waals surface area contributed by atoms with Gasteiger partial charge in [-0.2, -0.15) is 13.2 Å². The molecule has 0 saturated carbocycles. The summed E-state index contributed by atoms with van der Waals surface area (Å²) in [7, 11) is 0. The summed E-state index contributed by atoms with van der Waals surface area (Å²) in [4.78, 5) is 3.56. The van der Waals surface area contributed by atoms with Crippen LogP contribution in [0.5, 0.6) is 11.6 Å². The largest absolute Gasteiger partial charge is 0.436 e. The van der Waals surface area contributed by atoms with Crippen LogP contribution in [-0.4, -0.2) is 4.98 Å². The number of hydrogen-bond acceptors (Lipinski definition) is 2. The molecular formula is C12H6Cl2F3NO. The summed E-state index contributed by atoms with van der Waals surface area (Å²) in [6, 6.07) is 6.69. The van der Waals surface area contributed by atoms with Crippen molar-refractivity contribution >= 4 is 23.2 Å². The molecule has 0 radical (unpaired) electrons. The topological polar surface area (TPSA) is 22.1 Å². The van der Waals surface area contributed by atoms with E-state index >= 15 is 0 Å². The third-order valence-corrected chi connectivity index (χ3v) is 2.78. The first-order valence-electron chi connectivity index (χ1n) is 5.03. The normalized spacial score (nSPS) is 11.4. The lowest BCUT2D eigenvalue weighted by atomic mass is 10.3. The van der Waals surface area contributed by atoms with Gasteiger partial charge in [0.2, 0.25) is 5.88 Å². The summed E-state index contributed by atoms with van der Waals surface area (Å²) < 4.78 is 42.3. The SMILES string of the molecule is FC(F)(F)c1ccc(Oc2c(Cl)cccc2Cl)nc1. The lowest BCUT2D eigenvalue weighted by Gasteiger charge is -2.10. The predicted molar refractivity (Wildman–Crippen MR) is 65.8 cm³/mol. The number of rotatable bonds is 2. The molecule has 2 aromatic rings. The fourth-order valence-corrected chi connectivity index (χ4v) is 1.77. The van der Waals surface area contributed by atoms with E-state index in [9.17, 15) is 13.2 Å². The van der Waals surface area contributed by atoms with Crippen LogP contribution in [0.4, 0.5) is 13.2 Å². The molecule has 1 heterocycles. The van der Waals surface area contributed by atoms with Gasteiger partial charge >= 0.3 is 6.18 Å². The highest BCUT2D eigenvalue weighted by atomic mass is 35.5. The zero-order valence-corrected chi connectivity index (χ0v) is 10.7. The Kier molecular flexibility index (Phi) is 3.87. The molecule has 19 heavy (non-hydrogen) atoms. The van der Waals surface area contributed by atoms with Gasteiger partial charge < -0.3 is 4.74 Å². The first-order valence-corrected chi connectivity index (χ1v) is 5.78. The summed E-state index contributed by atoms with van der Waals surface area (Å²) in [6.45, 7) is 0. The Balaban J connectivity index is 2.25. The highest BCUT2D eigenvalue weighted by Crippen LogP contribution is 2.36. The molecule has 0 atom stereocenters. The smallest absolute Gasteiger partial charge is 0.417 e. The molecule has 100 valence electrons. The van der Waals surface area contributed by atoms with Crippen molar-refractivity contribution in [3.05, 3.63) is 52.1 Å². The van der Waals surface area contributed by atoms with Gasteiger partial charge in [-0.1, -0.05) is 29.3 Å².